The third kappa shape index (κ3) is 6.47. The minimum Gasteiger partial charge on any atom is -0.355 e. The van der Waals surface area contributed by atoms with Crippen LogP contribution in [0.5, 0.6) is 0 Å². The van der Waals surface area contributed by atoms with Crippen molar-refractivity contribution in [2.24, 2.45) is 0 Å². The molecule has 0 bridgehead atoms. The molecule has 0 radical (unpaired) electrons. The molecule has 0 aromatic heterocycles. The largest absolute Gasteiger partial charge is 0.416 e. The summed E-state index contributed by atoms with van der Waals surface area (Å²) in [7, 11) is 0. The number of hydrogen-bond acceptors (Lipinski definition) is 2. The Morgan fingerprint density at radius 2 is 1.68 bits per heavy atom. The topological polar surface area (TPSA) is 70.2 Å². The molecule has 0 atom stereocenters. The van der Waals surface area contributed by atoms with Gasteiger partial charge < -0.3 is 16.0 Å². The zero-order valence-electron chi connectivity index (χ0n) is 12.1. The minimum absolute atomic E-state index is 0.125. The molecular formula is C14H18F3N3O2. The summed E-state index contributed by atoms with van der Waals surface area (Å²) in [6, 6.07) is 4.25. The Hall–Kier alpha value is -2.25. The molecule has 0 saturated heterocycles. The Morgan fingerprint density at radius 1 is 1.05 bits per heavy atom. The number of benzene rings is 1. The second-order valence-corrected chi connectivity index (χ2v) is 4.51. The van der Waals surface area contributed by atoms with Crippen LogP contribution in [0.1, 0.15) is 18.1 Å². The van der Waals surface area contributed by atoms with E-state index in [1.807, 2.05) is 0 Å². The van der Waals surface area contributed by atoms with Crippen LogP contribution in [-0.4, -0.2) is 31.6 Å². The van der Waals surface area contributed by atoms with E-state index in [0.717, 1.165) is 12.1 Å². The monoisotopic (exact) mass is 317 g/mol. The fourth-order valence-electron chi connectivity index (χ4n) is 1.66. The Kier molecular flexibility index (Phi) is 6.68. The number of urea groups is 1. The van der Waals surface area contributed by atoms with Gasteiger partial charge in [-0.15, -0.1) is 0 Å². The molecule has 0 aliphatic rings. The first-order valence-electron chi connectivity index (χ1n) is 6.77. The van der Waals surface area contributed by atoms with Crippen LogP contribution in [0.3, 0.4) is 0 Å². The number of amides is 3. The lowest BCUT2D eigenvalue weighted by molar-refractivity contribution is -0.137. The lowest BCUT2D eigenvalue weighted by atomic mass is 10.1. The standard InChI is InChI=1S/C14H18F3N3O2/c1-2-18-12(21)9-20-13(22)19-8-7-10-3-5-11(6-4-10)14(15,16)17/h3-6H,2,7-9H2,1H3,(H,18,21)(H2,19,20,22). The van der Waals surface area contributed by atoms with Crippen molar-refractivity contribution in [2.75, 3.05) is 19.6 Å². The molecule has 8 heteroatoms. The Balaban J connectivity index is 2.29. The maximum atomic E-state index is 12.4. The van der Waals surface area contributed by atoms with Gasteiger partial charge in [0.2, 0.25) is 5.91 Å². The second-order valence-electron chi connectivity index (χ2n) is 4.51. The lowest BCUT2D eigenvalue weighted by Gasteiger charge is -2.09. The summed E-state index contributed by atoms with van der Waals surface area (Å²) in [5, 5.41) is 7.42. The van der Waals surface area contributed by atoms with E-state index in [0.29, 0.717) is 18.5 Å². The number of alkyl halides is 3. The summed E-state index contributed by atoms with van der Waals surface area (Å²) in [5.74, 6) is -0.291. The molecule has 1 aromatic rings. The van der Waals surface area contributed by atoms with Gasteiger partial charge in [-0.1, -0.05) is 12.1 Å². The fourth-order valence-corrected chi connectivity index (χ4v) is 1.66. The van der Waals surface area contributed by atoms with Gasteiger partial charge in [-0.2, -0.15) is 13.2 Å². The van der Waals surface area contributed by atoms with Crippen molar-refractivity contribution in [1.29, 1.82) is 0 Å². The van der Waals surface area contributed by atoms with Crippen LogP contribution >= 0.6 is 0 Å². The van der Waals surface area contributed by atoms with Gasteiger partial charge in [0.25, 0.3) is 0 Å². The van der Waals surface area contributed by atoms with Gasteiger partial charge in [0, 0.05) is 13.1 Å². The highest BCUT2D eigenvalue weighted by atomic mass is 19.4. The quantitative estimate of drug-likeness (QED) is 0.747. The minimum atomic E-state index is -4.35. The molecule has 5 nitrogen and oxygen atoms in total. The number of hydrogen-bond donors (Lipinski definition) is 3. The smallest absolute Gasteiger partial charge is 0.355 e. The summed E-state index contributed by atoms with van der Waals surface area (Å²) in [4.78, 5) is 22.5. The molecule has 1 aromatic carbocycles. The fraction of sp³-hybridized carbons (Fsp3) is 0.429. The maximum absolute atomic E-state index is 12.4. The lowest BCUT2D eigenvalue weighted by Crippen LogP contribution is -2.42. The molecule has 3 N–H and O–H groups in total. The molecule has 0 unspecified atom stereocenters. The Bertz CT molecular complexity index is 501. The summed E-state index contributed by atoms with van der Waals surface area (Å²) in [6.45, 7) is 2.38. The summed E-state index contributed by atoms with van der Waals surface area (Å²) >= 11 is 0. The van der Waals surface area contributed by atoms with Crippen LogP contribution < -0.4 is 16.0 Å². The molecule has 0 aliphatic heterocycles. The van der Waals surface area contributed by atoms with E-state index in [-0.39, 0.29) is 19.0 Å². The van der Waals surface area contributed by atoms with E-state index in [1.54, 1.807) is 6.92 Å². The zero-order chi connectivity index (χ0) is 16.6. The average molecular weight is 317 g/mol. The van der Waals surface area contributed by atoms with Crippen molar-refractivity contribution in [1.82, 2.24) is 16.0 Å². The van der Waals surface area contributed by atoms with Crippen molar-refractivity contribution in [3.8, 4) is 0 Å². The van der Waals surface area contributed by atoms with Gasteiger partial charge in [-0.3, -0.25) is 4.79 Å². The molecule has 0 heterocycles. The number of nitrogens with one attached hydrogen (secondary N) is 3. The van der Waals surface area contributed by atoms with Crippen molar-refractivity contribution >= 4 is 11.9 Å². The van der Waals surface area contributed by atoms with Crippen molar-refractivity contribution in [2.45, 2.75) is 19.5 Å². The van der Waals surface area contributed by atoms with Gasteiger partial charge in [0.1, 0.15) is 0 Å². The SMILES string of the molecule is CCNC(=O)CNC(=O)NCCc1ccc(C(F)(F)F)cc1. The van der Waals surface area contributed by atoms with Crippen LogP contribution in [0.4, 0.5) is 18.0 Å². The number of rotatable bonds is 6. The van der Waals surface area contributed by atoms with Gasteiger partial charge >= 0.3 is 12.2 Å². The Labute approximate surface area is 126 Å². The highest BCUT2D eigenvalue weighted by Gasteiger charge is 2.29. The van der Waals surface area contributed by atoms with Gasteiger partial charge in [-0.25, -0.2) is 4.79 Å². The van der Waals surface area contributed by atoms with E-state index >= 15 is 0 Å². The maximum Gasteiger partial charge on any atom is 0.416 e. The normalized spacial score (nSPS) is 10.9. The Morgan fingerprint density at radius 3 is 2.23 bits per heavy atom. The number of carbonyl (C=O) groups is 2. The molecule has 0 saturated carbocycles. The summed E-state index contributed by atoms with van der Waals surface area (Å²) in [6.07, 6.45) is -3.96. The summed E-state index contributed by atoms with van der Waals surface area (Å²) in [5.41, 5.74) is -0.0269. The highest BCUT2D eigenvalue weighted by Crippen LogP contribution is 2.29. The predicted molar refractivity (Wildman–Crippen MR) is 75.2 cm³/mol. The van der Waals surface area contributed by atoms with Crippen LogP contribution in [0.2, 0.25) is 0 Å². The van der Waals surface area contributed by atoms with E-state index in [2.05, 4.69) is 16.0 Å². The highest BCUT2D eigenvalue weighted by molar-refractivity contribution is 5.83. The molecule has 122 valence electrons. The van der Waals surface area contributed by atoms with E-state index in [4.69, 9.17) is 0 Å². The zero-order valence-corrected chi connectivity index (χ0v) is 12.1. The first-order valence-corrected chi connectivity index (χ1v) is 6.77. The van der Waals surface area contributed by atoms with Crippen molar-refractivity contribution in [3.05, 3.63) is 35.4 Å². The number of halogens is 3. The molecule has 3 amide bonds. The average Bonchev–Trinajstić information content (AvgIpc) is 2.45. The van der Waals surface area contributed by atoms with E-state index in [9.17, 15) is 22.8 Å². The molecule has 0 spiro atoms. The number of likely N-dealkylation sites (N-methyl/N-ethyl adjacent to an activating group) is 1. The molecule has 0 fully saturated rings. The van der Waals surface area contributed by atoms with E-state index < -0.39 is 17.8 Å². The summed E-state index contributed by atoms with van der Waals surface area (Å²) < 4.78 is 37.2. The van der Waals surface area contributed by atoms with Crippen LogP contribution in [0, 0.1) is 0 Å². The third-order valence-corrected chi connectivity index (χ3v) is 2.76. The second kappa shape index (κ2) is 8.26. The van der Waals surface area contributed by atoms with E-state index in [1.165, 1.54) is 12.1 Å². The molecular weight excluding hydrogens is 299 g/mol. The van der Waals surface area contributed by atoms with Crippen LogP contribution in [0.25, 0.3) is 0 Å². The van der Waals surface area contributed by atoms with Gasteiger partial charge in [-0.05, 0) is 31.0 Å². The first-order chi connectivity index (χ1) is 10.3. The third-order valence-electron chi connectivity index (χ3n) is 2.76. The van der Waals surface area contributed by atoms with Crippen LogP contribution in [-0.2, 0) is 17.4 Å². The predicted octanol–water partition coefficient (Wildman–Crippen LogP) is 1.68. The van der Waals surface area contributed by atoms with Crippen molar-refractivity contribution < 1.29 is 22.8 Å². The molecule has 1 rings (SSSR count). The van der Waals surface area contributed by atoms with Gasteiger partial charge in [0.15, 0.2) is 0 Å². The number of carbonyl (C=O) groups excluding carboxylic acids is 2. The van der Waals surface area contributed by atoms with Crippen molar-refractivity contribution in [3.63, 3.8) is 0 Å². The molecule has 0 aliphatic carbocycles. The van der Waals surface area contributed by atoms with Crippen LogP contribution in [0.15, 0.2) is 24.3 Å². The van der Waals surface area contributed by atoms with Gasteiger partial charge in [0.05, 0.1) is 12.1 Å². The molecule has 22 heavy (non-hydrogen) atoms. The first kappa shape index (κ1) is 17.8.